The highest BCUT2D eigenvalue weighted by Gasteiger charge is 2.36. The maximum absolute atomic E-state index is 12.7. The van der Waals surface area contributed by atoms with Gasteiger partial charge in [0.2, 0.25) is 0 Å². The lowest BCUT2D eigenvalue weighted by atomic mass is 10.0. The third-order valence-electron chi connectivity index (χ3n) is 5.76. The molecule has 0 radical (unpaired) electrons. The number of carbonyl (C=O) groups excluding carboxylic acids is 1. The minimum Gasteiger partial charge on any atom is -0.380 e. The average molecular weight is 330 g/mol. The molecule has 5 nitrogen and oxygen atoms in total. The molecule has 1 unspecified atom stereocenters. The summed E-state index contributed by atoms with van der Waals surface area (Å²) < 4.78 is 10.9. The Hall–Kier alpha value is -1.43. The second-order valence-corrected chi connectivity index (χ2v) is 7.20. The van der Waals surface area contributed by atoms with E-state index in [0.29, 0.717) is 25.4 Å². The standard InChI is InChI=1S/C19H26N2O3/c1-23-16-7-8-21(10-16)18-4-2-3-17(18)20-19(22)13-5-6-14-11-24-12-15(14)9-13/h5-6,9,16-18H,2-4,7-8,10-12H2,1H3,(H,20,22)/t16?,17-,18+/m1/s1. The van der Waals surface area contributed by atoms with Crippen molar-refractivity contribution >= 4 is 5.91 Å². The van der Waals surface area contributed by atoms with Crippen molar-refractivity contribution in [3.05, 3.63) is 34.9 Å². The van der Waals surface area contributed by atoms with Gasteiger partial charge in [-0.25, -0.2) is 0 Å². The van der Waals surface area contributed by atoms with E-state index in [9.17, 15) is 4.79 Å². The minimum atomic E-state index is 0.0455. The highest BCUT2D eigenvalue weighted by atomic mass is 16.5. The maximum atomic E-state index is 12.7. The first kappa shape index (κ1) is 16.1. The zero-order chi connectivity index (χ0) is 16.5. The molecule has 0 spiro atoms. The second kappa shape index (κ2) is 6.82. The first-order valence-corrected chi connectivity index (χ1v) is 9.02. The molecule has 2 aliphatic heterocycles. The van der Waals surface area contributed by atoms with Gasteiger partial charge in [-0.15, -0.1) is 0 Å². The SMILES string of the molecule is COC1CCN([C@H]2CCC[C@H]2NC(=O)c2ccc3c(c2)COC3)C1. The summed E-state index contributed by atoms with van der Waals surface area (Å²) in [5.41, 5.74) is 3.10. The van der Waals surface area contributed by atoms with Crippen LogP contribution in [0.3, 0.4) is 0 Å². The summed E-state index contributed by atoms with van der Waals surface area (Å²) in [6.45, 7) is 3.35. The zero-order valence-electron chi connectivity index (χ0n) is 14.3. The van der Waals surface area contributed by atoms with Crippen LogP contribution in [0.4, 0.5) is 0 Å². The second-order valence-electron chi connectivity index (χ2n) is 7.20. The lowest BCUT2D eigenvalue weighted by molar-refractivity contribution is 0.0872. The van der Waals surface area contributed by atoms with E-state index in [0.717, 1.165) is 37.1 Å². The molecule has 1 N–H and O–H groups in total. The smallest absolute Gasteiger partial charge is 0.251 e. The largest absolute Gasteiger partial charge is 0.380 e. The van der Waals surface area contributed by atoms with Crippen LogP contribution in [-0.2, 0) is 22.7 Å². The van der Waals surface area contributed by atoms with Gasteiger partial charge in [-0.2, -0.15) is 0 Å². The molecular formula is C19H26N2O3. The fourth-order valence-electron chi connectivity index (χ4n) is 4.36. The number of nitrogens with zero attached hydrogens (tertiary/aromatic N) is 1. The van der Waals surface area contributed by atoms with Crippen LogP contribution in [0.15, 0.2) is 18.2 Å². The van der Waals surface area contributed by atoms with E-state index < -0.39 is 0 Å². The predicted molar refractivity (Wildman–Crippen MR) is 90.8 cm³/mol. The number of hydrogen-bond acceptors (Lipinski definition) is 4. The molecule has 2 fully saturated rings. The van der Waals surface area contributed by atoms with Crippen LogP contribution >= 0.6 is 0 Å². The Balaban J connectivity index is 1.41. The van der Waals surface area contributed by atoms with Crippen LogP contribution in [0.5, 0.6) is 0 Å². The van der Waals surface area contributed by atoms with Gasteiger partial charge < -0.3 is 14.8 Å². The van der Waals surface area contributed by atoms with Crippen LogP contribution in [0.2, 0.25) is 0 Å². The van der Waals surface area contributed by atoms with E-state index in [1.165, 1.54) is 18.4 Å². The van der Waals surface area contributed by atoms with Crippen molar-refractivity contribution < 1.29 is 14.3 Å². The number of ether oxygens (including phenoxy) is 2. The number of likely N-dealkylation sites (tertiary alicyclic amines) is 1. The first-order valence-electron chi connectivity index (χ1n) is 9.02. The third kappa shape index (κ3) is 3.08. The van der Waals surface area contributed by atoms with E-state index in [-0.39, 0.29) is 11.9 Å². The summed E-state index contributed by atoms with van der Waals surface area (Å²) in [5.74, 6) is 0.0455. The van der Waals surface area contributed by atoms with Gasteiger partial charge in [0.1, 0.15) is 0 Å². The van der Waals surface area contributed by atoms with Crippen molar-refractivity contribution in [3.8, 4) is 0 Å². The summed E-state index contributed by atoms with van der Waals surface area (Å²) in [7, 11) is 1.79. The number of rotatable bonds is 4. The number of nitrogens with one attached hydrogen (secondary N) is 1. The van der Waals surface area contributed by atoms with Gasteiger partial charge in [-0.1, -0.05) is 6.07 Å². The molecule has 5 heteroatoms. The van der Waals surface area contributed by atoms with Gasteiger partial charge in [0, 0.05) is 37.8 Å². The summed E-state index contributed by atoms with van der Waals surface area (Å²) >= 11 is 0. The highest BCUT2D eigenvalue weighted by Crippen LogP contribution is 2.28. The van der Waals surface area contributed by atoms with E-state index in [1.54, 1.807) is 7.11 Å². The molecule has 0 aromatic heterocycles. The van der Waals surface area contributed by atoms with Crippen LogP contribution < -0.4 is 5.32 Å². The number of methoxy groups -OCH3 is 1. The quantitative estimate of drug-likeness (QED) is 0.918. The number of carbonyl (C=O) groups is 1. The fraction of sp³-hybridized carbons (Fsp3) is 0.632. The van der Waals surface area contributed by atoms with Crippen LogP contribution in [0.25, 0.3) is 0 Å². The van der Waals surface area contributed by atoms with E-state index in [4.69, 9.17) is 9.47 Å². The Bertz CT molecular complexity index is 619. The van der Waals surface area contributed by atoms with Crippen LogP contribution in [0.1, 0.15) is 47.2 Å². The lowest BCUT2D eigenvalue weighted by Gasteiger charge is -2.30. The van der Waals surface area contributed by atoms with Crippen molar-refractivity contribution in [2.24, 2.45) is 0 Å². The Morgan fingerprint density at radius 2 is 2.12 bits per heavy atom. The van der Waals surface area contributed by atoms with Crippen molar-refractivity contribution in [1.29, 1.82) is 0 Å². The molecule has 1 amide bonds. The molecule has 1 aromatic rings. The zero-order valence-corrected chi connectivity index (χ0v) is 14.3. The summed E-state index contributed by atoms with van der Waals surface area (Å²) in [6, 6.07) is 6.62. The Labute approximate surface area is 143 Å². The lowest BCUT2D eigenvalue weighted by Crippen LogP contribution is -2.48. The maximum Gasteiger partial charge on any atom is 0.251 e. The number of benzene rings is 1. The topological polar surface area (TPSA) is 50.8 Å². The molecule has 4 rings (SSSR count). The molecule has 3 aliphatic rings. The predicted octanol–water partition coefficient (Wildman–Crippen LogP) is 2.09. The monoisotopic (exact) mass is 330 g/mol. The number of fused-ring (bicyclic) bond motifs is 1. The molecule has 1 aromatic carbocycles. The van der Waals surface area contributed by atoms with Gasteiger partial charge in [0.15, 0.2) is 0 Å². The molecule has 0 bridgehead atoms. The van der Waals surface area contributed by atoms with Crippen molar-refractivity contribution in [2.75, 3.05) is 20.2 Å². The normalized spacial score (nSPS) is 29.8. The van der Waals surface area contributed by atoms with Crippen molar-refractivity contribution in [3.63, 3.8) is 0 Å². The molecule has 1 saturated heterocycles. The van der Waals surface area contributed by atoms with Crippen LogP contribution in [-0.4, -0.2) is 49.2 Å². The summed E-state index contributed by atoms with van der Waals surface area (Å²) in [5, 5.41) is 3.28. The molecule has 1 aliphatic carbocycles. The van der Waals surface area contributed by atoms with Crippen molar-refractivity contribution in [1.82, 2.24) is 10.2 Å². The molecule has 2 heterocycles. The van der Waals surface area contributed by atoms with Gasteiger partial charge in [0.05, 0.1) is 19.3 Å². The van der Waals surface area contributed by atoms with Gasteiger partial charge in [0.25, 0.3) is 5.91 Å². The fourth-order valence-corrected chi connectivity index (χ4v) is 4.36. The molecule has 24 heavy (non-hydrogen) atoms. The molecule has 130 valence electrons. The number of amides is 1. The van der Waals surface area contributed by atoms with Crippen LogP contribution in [0, 0.1) is 0 Å². The third-order valence-corrected chi connectivity index (χ3v) is 5.76. The van der Waals surface area contributed by atoms with E-state index >= 15 is 0 Å². The average Bonchev–Trinajstić information content (AvgIpc) is 3.33. The Morgan fingerprint density at radius 1 is 1.25 bits per heavy atom. The summed E-state index contributed by atoms with van der Waals surface area (Å²) in [6.07, 6.45) is 4.86. The molecule has 1 saturated carbocycles. The highest BCUT2D eigenvalue weighted by molar-refractivity contribution is 5.94. The van der Waals surface area contributed by atoms with Gasteiger partial charge in [-0.3, -0.25) is 9.69 Å². The van der Waals surface area contributed by atoms with Gasteiger partial charge >= 0.3 is 0 Å². The summed E-state index contributed by atoms with van der Waals surface area (Å²) in [4.78, 5) is 15.2. The Kier molecular flexibility index (Phi) is 4.57. The Morgan fingerprint density at radius 3 is 2.96 bits per heavy atom. The molecular weight excluding hydrogens is 304 g/mol. The molecule has 3 atom stereocenters. The van der Waals surface area contributed by atoms with E-state index in [1.807, 2.05) is 18.2 Å². The van der Waals surface area contributed by atoms with Gasteiger partial charge in [-0.05, 0) is 48.9 Å². The number of hydrogen-bond donors (Lipinski definition) is 1. The van der Waals surface area contributed by atoms with Crippen molar-refractivity contribution in [2.45, 2.75) is 57.1 Å². The minimum absolute atomic E-state index is 0.0455. The van der Waals surface area contributed by atoms with E-state index in [2.05, 4.69) is 10.2 Å². The first-order chi connectivity index (χ1) is 11.7.